The van der Waals surface area contributed by atoms with Gasteiger partial charge in [-0.15, -0.1) is 0 Å². The van der Waals surface area contributed by atoms with Gasteiger partial charge in [0.1, 0.15) is 5.03 Å². The fourth-order valence-electron chi connectivity index (χ4n) is 2.27. The Labute approximate surface area is 173 Å². The van der Waals surface area contributed by atoms with Crippen LogP contribution in [0.5, 0.6) is 0 Å². The second-order valence-electron chi connectivity index (χ2n) is 5.43. The van der Waals surface area contributed by atoms with Crippen LogP contribution in [0.2, 0.25) is 5.02 Å². The van der Waals surface area contributed by atoms with Crippen LogP contribution < -0.4 is 11.1 Å². The van der Waals surface area contributed by atoms with E-state index in [9.17, 15) is 9.59 Å². The molecule has 1 heterocycles. The zero-order valence-corrected chi connectivity index (χ0v) is 16.9. The molecular formula is C19H13BrClN3O2S. The van der Waals surface area contributed by atoms with Crippen molar-refractivity contribution in [2.75, 3.05) is 5.32 Å². The first kappa shape index (κ1) is 19.4. The average molecular weight is 463 g/mol. The van der Waals surface area contributed by atoms with Crippen LogP contribution in [0, 0.1) is 0 Å². The maximum Gasteiger partial charge on any atom is 0.256 e. The number of amides is 2. The lowest BCUT2D eigenvalue weighted by molar-refractivity contribution is 0.0998. The summed E-state index contributed by atoms with van der Waals surface area (Å²) in [6, 6.07) is 15.5. The van der Waals surface area contributed by atoms with Crippen LogP contribution in [0.15, 0.2) is 75.2 Å². The first-order valence-corrected chi connectivity index (χ1v) is 9.72. The van der Waals surface area contributed by atoms with E-state index in [4.69, 9.17) is 17.3 Å². The smallest absolute Gasteiger partial charge is 0.256 e. The van der Waals surface area contributed by atoms with E-state index in [0.717, 1.165) is 14.4 Å². The van der Waals surface area contributed by atoms with E-state index in [1.165, 1.54) is 23.9 Å². The number of hydrogen-bond donors (Lipinski definition) is 2. The third-order valence-corrected chi connectivity index (χ3v) is 5.35. The monoisotopic (exact) mass is 461 g/mol. The summed E-state index contributed by atoms with van der Waals surface area (Å²) >= 11 is 10.8. The van der Waals surface area contributed by atoms with Crippen LogP contribution in [-0.2, 0) is 0 Å². The van der Waals surface area contributed by atoms with Gasteiger partial charge in [-0.1, -0.05) is 35.5 Å². The van der Waals surface area contributed by atoms with Crippen molar-refractivity contribution >= 4 is 56.8 Å². The first-order chi connectivity index (χ1) is 12.9. The van der Waals surface area contributed by atoms with Crippen molar-refractivity contribution in [3.8, 4) is 0 Å². The van der Waals surface area contributed by atoms with Gasteiger partial charge in [-0.2, -0.15) is 0 Å². The number of carbonyl (C=O) groups is 2. The Morgan fingerprint density at radius 2 is 1.85 bits per heavy atom. The Balaban J connectivity index is 1.82. The van der Waals surface area contributed by atoms with E-state index < -0.39 is 5.91 Å². The van der Waals surface area contributed by atoms with Crippen LogP contribution in [0.25, 0.3) is 0 Å². The van der Waals surface area contributed by atoms with Crippen molar-refractivity contribution in [2.45, 2.75) is 9.92 Å². The number of halogens is 2. The van der Waals surface area contributed by atoms with Gasteiger partial charge in [-0.05, 0) is 58.4 Å². The Kier molecular flexibility index (Phi) is 6.15. The molecule has 0 unspecified atom stereocenters. The van der Waals surface area contributed by atoms with Crippen molar-refractivity contribution in [2.24, 2.45) is 5.73 Å². The highest BCUT2D eigenvalue weighted by Crippen LogP contribution is 2.30. The molecule has 0 aliphatic heterocycles. The molecule has 1 aromatic heterocycles. The summed E-state index contributed by atoms with van der Waals surface area (Å²) in [5, 5.41) is 3.74. The first-order valence-electron chi connectivity index (χ1n) is 7.73. The van der Waals surface area contributed by atoms with E-state index in [-0.39, 0.29) is 16.5 Å². The molecule has 3 N–H and O–H groups in total. The van der Waals surface area contributed by atoms with Crippen LogP contribution in [0.3, 0.4) is 0 Å². The summed E-state index contributed by atoms with van der Waals surface area (Å²) in [7, 11) is 0. The summed E-state index contributed by atoms with van der Waals surface area (Å²) in [4.78, 5) is 29.1. The van der Waals surface area contributed by atoms with Gasteiger partial charge in [-0.3, -0.25) is 9.59 Å². The van der Waals surface area contributed by atoms with Crippen LogP contribution in [0.4, 0.5) is 5.69 Å². The second kappa shape index (κ2) is 8.56. The van der Waals surface area contributed by atoms with Crippen molar-refractivity contribution in [1.29, 1.82) is 0 Å². The summed E-state index contributed by atoms with van der Waals surface area (Å²) in [6.07, 6.45) is 1.70. The molecule has 0 saturated heterocycles. The molecule has 0 spiro atoms. The molecule has 0 aliphatic rings. The summed E-state index contributed by atoms with van der Waals surface area (Å²) in [6.45, 7) is 0. The fraction of sp³-hybridized carbons (Fsp3) is 0. The quantitative estimate of drug-likeness (QED) is 0.559. The highest BCUT2D eigenvalue weighted by atomic mass is 79.9. The van der Waals surface area contributed by atoms with Gasteiger partial charge in [0.2, 0.25) is 5.91 Å². The van der Waals surface area contributed by atoms with Gasteiger partial charge in [0.15, 0.2) is 0 Å². The third-order valence-electron chi connectivity index (χ3n) is 3.54. The number of pyridine rings is 1. The van der Waals surface area contributed by atoms with E-state index in [1.54, 1.807) is 24.4 Å². The number of nitrogens with two attached hydrogens (primary N) is 1. The molecule has 0 radical (unpaired) electrons. The molecule has 0 atom stereocenters. The summed E-state index contributed by atoms with van der Waals surface area (Å²) < 4.78 is 0.883. The molecule has 136 valence electrons. The number of nitrogens with one attached hydrogen (secondary N) is 1. The van der Waals surface area contributed by atoms with Gasteiger partial charge in [0.25, 0.3) is 5.91 Å². The van der Waals surface area contributed by atoms with Gasteiger partial charge < -0.3 is 11.1 Å². The predicted octanol–water partition coefficient (Wildman–Crippen LogP) is 5.00. The molecule has 0 fully saturated rings. The Hall–Kier alpha value is -2.35. The number of benzene rings is 2. The fourth-order valence-corrected chi connectivity index (χ4v) is 3.66. The maximum absolute atomic E-state index is 12.7. The number of anilines is 1. The number of hydrogen-bond acceptors (Lipinski definition) is 4. The van der Waals surface area contributed by atoms with Crippen molar-refractivity contribution in [3.05, 3.63) is 81.4 Å². The number of rotatable bonds is 5. The zero-order chi connectivity index (χ0) is 19.4. The van der Waals surface area contributed by atoms with Gasteiger partial charge >= 0.3 is 0 Å². The molecule has 8 heteroatoms. The number of primary amides is 1. The Bertz CT molecular complexity index is 1010. The Morgan fingerprint density at radius 3 is 2.52 bits per heavy atom. The number of nitrogens with zero attached hydrogens (tertiary/aromatic N) is 1. The highest BCUT2D eigenvalue weighted by molar-refractivity contribution is 9.10. The normalized spacial score (nSPS) is 10.4. The summed E-state index contributed by atoms with van der Waals surface area (Å²) in [5.74, 6) is -0.917. The molecule has 2 aromatic carbocycles. The number of carbonyl (C=O) groups excluding carboxylic acids is 2. The Morgan fingerprint density at radius 1 is 1.07 bits per heavy atom. The zero-order valence-electron chi connectivity index (χ0n) is 13.8. The van der Waals surface area contributed by atoms with Crippen molar-refractivity contribution < 1.29 is 9.59 Å². The summed E-state index contributed by atoms with van der Waals surface area (Å²) in [5.41, 5.74) is 6.41. The minimum Gasteiger partial charge on any atom is -0.366 e. The highest BCUT2D eigenvalue weighted by Gasteiger charge is 2.14. The minimum absolute atomic E-state index is 0.182. The van der Waals surface area contributed by atoms with Gasteiger partial charge in [0, 0.05) is 21.3 Å². The van der Waals surface area contributed by atoms with Gasteiger partial charge in [-0.25, -0.2) is 4.98 Å². The molecule has 0 bridgehead atoms. The standard InChI is InChI=1S/C19H13BrClN3O2S/c20-11-5-8-17(23-10-11)27-16-4-2-1-3-14(16)19(26)24-12-6-7-13(18(22)25)15(21)9-12/h1-10H,(H2,22,25)(H,24,26). The molecule has 3 aromatic rings. The molecule has 27 heavy (non-hydrogen) atoms. The minimum atomic E-state index is -0.624. The second-order valence-corrected chi connectivity index (χ2v) is 7.81. The molecule has 0 saturated carbocycles. The predicted molar refractivity (Wildman–Crippen MR) is 110 cm³/mol. The van der Waals surface area contributed by atoms with E-state index >= 15 is 0 Å². The van der Waals surface area contributed by atoms with Crippen molar-refractivity contribution in [3.63, 3.8) is 0 Å². The van der Waals surface area contributed by atoms with Gasteiger partial charge in [0.05, 0.1) is 16.1 Å². The van der Waals surface area contributed by atoms with Crippen LogP contribution >= 0.6 is 39.3 Å². The lowest BCUT2D eigenvalue weighted by Crippen LogP contribution is -2.14. The lowest BCUT2D eigenvalue weighted by Gasteiger charge is -2.10. The third kappa shape index (κ3) is 4.88. The van der Waals surface area contributed by atoms with E-state index in [1.807, 2.05) is 24.3 Å². The van der Waals surface area contributed by atoms with E-state index in [2.05, 4.69) is 26.2 Å². The van der Waals surface area contributed by atoms with Crippen LogP contribution in [0.1, 0.15) is 20.7 Å². The topological polar surface area (TPSA) is 85.1 Å². The largest absolute Gasteiger partial charge is 0.366 e. The maximum atomic E-state index is 12.7. The van der Waals surface area contributed by atoms with E-state index in [0.29, 0.717) is 11.3 Å². The van der Waals surface area contributed by atoms with Crippen LogP contribution in [-0.4, -0.2) is 16.8 Å². The average Bonchev–Trinajstić information content (AvgIpc) is 2.64. The van der Waals surface area contributed by atoms with Crippen molar-refractivity contribution in [1.82, 2.24) is 4.98 Å². The molecule has 2 amide bonds. The molecule has 3 rings (SSSR count). The molecule has 5 nitrogen and oxygen atoms in total. The molecular weight excluding hydrogens is 450 g/mol. The molecule has 0 aliphatic carbocycles. The lowest BCUT2D eigenvalue weighted by atomic mass is 10.1. The SMILES string of the molecule is NC(=O)c1ccc(NC(=O)c2ccccc2Sc2ccc(Br)cn2)cc1Cl. The number of aromatic nitrogens is 1.